The zero-order valence-electron chi connectivity index (χ0n) is 9.67. The van der Waals surface area contributed by atoms with Crippen LogP contribution in [0.25, 0.3) is 6.08 Å². The molecule has 0 saturated carbocycles. The highest BCUT2D eigenvalue weighted by Gasteiger charge is 2.10. The van der Waals surface area contributed by atoms with Crippen LogP contribution >= 0.6 is 0 Å². The number of hydrogen-bond acceptors (Lipinski definition) is 4. The summed E-state index contributed by atoms with van der Waals surface area (Å²) in [5, 5.41) is 10.8. The summed E-state index contributed by atoms with van der Waals surface area (Å²) >= 11 is 0. The van der Waals surface area contributed by atoms with E-state index in [1.165, 1.54) is 13.2 Å². The summed E-state index contributed by atoms with van der Waals surface area (Å²) in [5.41, 5.74) is 1.43. The normalized spacial score (nSPS) is 10.5. The van der Waals surface area contributed by atoms with Gasteiger partial charge in [-0.25, -0.2) is 0 Å². The zero-order valence-corrected chi connectivity index (χ0v) is 9.67. The van der Waals surface area contributed by atoms with Crippen molar-refractivity contribution in [1.29, 1.82) is 0 Å². The average Bonchev–Trinajstić information content (AvgIpc) is 2.28. The van der Waals surface area contributed by atoms with E-state index in [0.29, 0.717) is 5.56 Å². The molecule has 0 aliphatic carbocycles. The number of nitrogens with zero attached hydrogens (tertiary/aromatic N) is 1. The molecule has 5 heteroatoms. The van der Waals surface area contributed by atoms with Crippen LogP contribution in [0.4, 0.5) is 5.69 Å². The maximum absolute atomic E-state index is 10.9. The molecule has 1 aromatic carbocycles. The van der Waals surface area contributed by atoms with Crippen LogP contribution in [0.1, 0.15) is 17.5 Å². The quantitative estimate of drug-likeness (QED) is 0.456. The van der Waals surface area contributed by atoms with Crippen molar-refractivity contribution in [2.75, 3.05) is 7.11 Å². The number of esters is 1. The summed E-state index contributed by atoms with van der Waals surface area (Å²) < 4.78 is 4.47. The second-order valence-corrected chi connectivity index (χ2v) is 3.50. The van der Waals surface area contributed by atoms with E-state index in [0.717, 1.165) is 5.56 Å². The predicted molar refractivity (Wildman–Crippen MR) is 63.5 cm³/mol. The monoisotopic (exact) mass is 235 g/mol. The van der Waals surface area contributed by atoms with Crippen molar-refractivity contribution >= 4 is 17.7 Å². The van der Waals surface area contributed by atoms with Gasteiger partial charge < -0.3 is 4.74 Å². The molecule has 0 atom stereocenters. The van der Waals surface area contributed by atoms with E-state index in [-0.39, 0.29) is 18.1 Å². The minimum atomic E-state index is -0.447. The fraction of sp³-hybridized carbons (Fsp3) is 0.250. The fourth-order valence-electron chi connectivity index (χ4n) is 1.34. The lowest BCUT2D eigenvalue weighted by molar-refractivity contribution is -0.385. The Kier molecular flexibility index (Phi) is 4.39. The van der Waals surface area contributed by atoms with Gasteiger partial charge in [0, 0.05) is 6.07 Å². The SMILES string of the molecule is COC(=O)CC=Cc1cc(C)ccc1[N+](=O)[O-]. The second kappa shape index (κ2) is 5.79. The standard InChI is InChI=1S/C12H13NO4/c1-9-6-7-11(13(15)16)10(8-9)4-3-5-12(14)17-2/h3-4,6-8H,5H2,1-2H3. The Labute approximate surface area is 98.9 Å². The van der Waals surface area contributed by atoms with Crippen molar-refractivity contribution in [2.24, 2.45) is 0 Å². The molecule has 1 aromatic rings. The first kappa shape index (κ1) is 12.9. The van der Waals surface area contributed by atoms with Crippen LogP contribution in [0.2, 0.25) is 0 Å². The van der Waals surface area contributed by atoms with Gasteiger partial charge in [0.15, 0.2) is 0 Å². The van der Waals surface area contributed by atoms with Gasteiger partial charge in [0.2, 0.25) is 0 Å². The molecule has 0 unspecified atom stereocenters. The number of hydrogen-bond donors (Lipinski definition) is 0. The topological polar surface area (TPSA) is 69.4 Å². The molecule has 0 saturated heterocycles. The van der Waals surface area contributed by atoms with Gasteiger partial charge >= 0.3 is 5.97 Å². The van der Waals surface area contributed by atoms with Crippen molar-refractivity contribution in [1.82, 2.24) is 0 Å². The van der Waals surface area contributed by atoms with Crippen LogP contribution in [0, 0.1) is 17.0 Å². The Bertz CT molecular complexity index is 466. The number of aryl methyl sites for hydroxylation is 1. The number of nitro benzene ring substituents is 1. The third-order valence-corrected chi connectivity index (χ3v) is 2.19. The summed E-state index contributed by atoms with van der Waals surface area (Å²) in [6, 6.07) is 4.83. The number of rotatable bonds is 4. The lowest BCUT2D eigenvalue weighted by atomic mass is 10.1. The van der Waals surface area contributed by atoms with Crippen molar-refractivity contribution in [3.8, 4) is 0 Å². The van der Waals surface area contributed by atoms with Crippen LogP contribution < -0.4 is 0 Å². The molecule has 0 bridgehead atoms. The van der Waals surface area contributed by atoms with Crippen LogP contribution in [0.15, 0.2) is 24.3 Å². The van der Waals surface area contributed by atoms with Crippen LogP contribution in [0.3, 0.4) is 0 Å². The van der Waals surface area contributed by atoms with E-state index in [4.69, 9.17) is 0 Å². The molecule has 0 N–H and O–H groups in total. The molecular formula is C12H13NO4. The van der Waals surface area contributed by atoms with Crippen LogP contribution in [-0.2, 0) is 9.53 Å². The Hall–Kier alpha value is -2.17. The Morgan fingerprint density at radius 3 is 2.82 bits per heavy atom. The van der Waals surface area contributed by atoms with E-state index < -0.39 is 4.92 Å². The van der Waals surface area contributed by atoms with Crippen molar-refractivity contribution in [2.45, 2.75) is 13.3 Å². The predicted octanol–water partition coefficient (Wildman–Crippen LogP) is 2.48. The molecule has 1 rings (SSSR count). The van der Waals surface area contributed by atoms with Crippen LogP contribution in [0.5, 0.6) is 0 Å². The molecule has 0 heterocycles. The molecule has 0 aliphatic heterocycles. The molecule has 5 nitrogen and oxygen atoms in total. The summed E-state index contributed by atoms with van der Waals surface area (Å²) in [6.45, 7) is 1.85. The van der Waals surface area contributed by atoms with Crippen molar-refractivity contribution in [3.05, 3.63) is 45.5 Å². The van der Waals surface area contributed by atoms with E-state index in [2.05, 4.69) is 4.74 Å². The summed E-state index contributed by atoms with van der Waals surface area (Å²) in [4.78, 5) is 21.2. The summed E-state index contributed by atoms with van der Waals surface area (Å²) in [5.74, 6) is -0.378. The lowest BCUT2D eigenvalue weighted by Crippen LogP contribution is -1.97. The number of carbonyl (C=O) groups excluding carboxylic acids is 1. The number of ether oxygens (including phenoxy) is 1. The molecule has 0 spiro atoms. The van der Waals surface area contributed by atoms with Gasteiger partial charge in [0.25, 0.3) is 5.69 Å². The maximum Gasteiger partial charge on any atom is 0.309 e. The molecule has 0 fully saturated rings. The van der Waals surface area contributed by atoms with Crippen molar-refractivity contribution < 1.29 is 14.5 Å². The third kappa shape index (κ3) is 3.71. The summed E-state index contributed by atoms with van der Waals surface area (Å²) in [7, 11) is 1.30. The fourth-order valence-corrected chi connectivity index (χ4v) is 1.34. The maximum atomic E-state index is 10.9. The molecule has 0 amide bonds. The van der Waals surface area contributed by atoms with E-state index in [1.807, 2.05) is 6.92 Å². The highest BCUT2D eigenvalue weighted by atomic mass is 16.6. The van der Waals surface area contributed by atoms with E-state index in [1.54, 1.807) is 24.3 Å². The van der Waals surface area contributed by atoms with Gasteiger partial charge in [-0.15, -0.1) is 0 Å². The highest BCUT2D eigenvalue weighted by Crippen LogP contribution is 2.21. The van der Waals surface area contributed by atoms with Gasteiger partial charge in [-0.1, -0.05) is 23.8 Å². The Morgan fingerprint density at radius 1 is 1.53 bits per heavy atom. The minimum Gasteiger partial charge on any atom is -0.469 e. The molecule has 90 valence electrons. The van der Waals surface area contributed by atoms with Crippen LogP contribution in [-0.4, -0.2) is 18.0 Å². The van der Waals surface area contributed by atoms with Gasteiger partial charge in [0.05, 0.1) is 24.0 Å². The molecular weight excluding hydrogens is 222 g/mol. The average molecular weight is 235 g/mol. The first-order chi connectivity index (χ1) is 8.04. The van der Waals surface area contributed by atoms with Gasteiger partial charge in [-0.05, 0) is 13.0 Å². The number of carbonyl (C=O) groups is 1. The largest absolute Gasteiger partial charge is 0.469 e. The Morgan fingerprint density at radius 2 is 2.24 bits per heavy atom. The first-order valence-electron chi connectivity index (χ1n) is 5.03. The zero-order chi connectivity index (χ0) is 12.8. The second-order valence-electron chi connectivity index (χ2n) is 3.50. The third-order valence-electron chi connectivity index (χ3n) is 2.19. The minimum absolute atomic E-state index is 0.0247. The highest BCUT2D eigenvalue weighted by molar-refractivity contribution is 5.73. The molecule has 0 aliphatic rings. The van der Waals surface area contributed by atoms with Crippen molar-refractivity contribution in [3.63, 3.8) is 0 Å². The smallest absolute Gasteiger partial charge is 0.309 e. The van der Waals surface area contributed by atoms with Gasteiger partial charge in [0.1, 0.15) is 0 Å². The molecule has 0 aromatic heterocycles. The number of benzene rings is 1. The van der Waals surface area contributed by atoms with E-state index in [9.17, 15) is 14.9 Å². The van der Waals surface area contributed by atoms with E-state index >= 15 is 0 Å². The number of nitro groups is 1. The Balaban J connectivity index is 2.92. The molecule has 17 heavy (non-hydrogen) atoms. The van der Waals surface area contributed by atoms with Gasteiger partial charge in [-0.2, -0.15) is 0 Å². The van der Waals surface area contributed by atoms with Gasteiger partial charge in [-0.3, -0.25) is 14.9 Å². The molecule has 0 radical (unpaired) electrons. The number of methoxy groups -OCH3 is 1. The lowest BCUT2D eigenvalue weighted by Gasteiger charge is -1.99. The first-order valence-corrected chi connectivity index (χ1v) is 5.03. The summed E-state index contributed by atoms with van der Waals surface area (Å²) in [6.07, 6.45) is 3.21.